The van der Waals surface area contributed by atoms with E-state index in [9.17, 15) is 19.2 Å². The Balaban J connectivity index is 1.19. The van der Waals surface area contributed by atoms with E-state index in [-0.39, 0.29) is 23.3 Å². The molecule has 0 unspecified atom stereocenters. The van der Waals surface area contributed by atoms with Gasteiger partial charge in [0.25, 0.3) is 0 Å². The van der Waals surface area contributed by atoms with Crippen molar-refractivity contribution in [1.29, 1.82) is 0 Å². The van der Waals surface area contributed by atoms with Gasteiger partial charge in [0, 0.05) is 0 Å². The zero-order valence-corrected chi connectivity index (χ0v) is 29.7. The van der Waals surface area contributed by atoms with Crippen LogP contribution in [0.4, 0.5) is 0 Å². The molecule has 0 radical (unpaired) electrons. The first-order valence-electron chi connectivity index (χ1n) is 18.7. The minimum Gasteiger partial charge on any atom is -0.459 e. The molecule has 4 saturated carbocycles. The molecule has 9 rings (SSSR count). The van der Waals surface area contributed by atoms with E-state index < -0.39 is 60.2 Å². The molecule has 4 bridgehead atoms. The summed E-state index contributed by atoms with van der Waals surface area (Å²) in [5.74, 6) is -1.26. The molecule has 1 saturated heterocycles. The van der Waals surface area contributed by atoms with Crippen molar-refractivity contribution in [1.82, 2.24) is 0 Å². The standard InChI is InChI=1S/C44H42O10/c45-39(31-13-5-1-6-14-31)49-27-35-36(51-40(46)32-15-7-2-8-16-32)37(52-41(47)33-17-9-3-10-18-33)38(53-42(48)34-19-11-4-12-20-34)43(50-35)54-44-24-28-21-29(25-44)23-30(22-28)26-44/h1-20,28-30,35-38,43H,21-27H2/t28?,29?,30?,35-,36-,37+,38-,43+,44?/m1/s1. The van der Waals surface area contributed by atoms with Crippen molar-refractivity contribution in [3.63, 3.8) is 0 Å². The SMILES string of the molecule is O=C(OC[C@H]1O[C@@H](OC23CC4CC(CC(C4)C2)C3)[C@H](OC(=O)c2ccccc2)[C@@H](OC(=O)c2ccccc2)[C@@H]1OC(=O)c1ccccc1)c1ccccc1. The minimum absolute atomic E-state index is 0.232. The van der Waals surface area contributed by atoms with Crippen LogP contribution >= 0.6 is 0 Å². The van der Waals surface area contributed by atoms with Gasteiger partial charge in [-0.3, -0.25) is 0 Å². The summed E-state index contributed by atoms with van der Waals surface area (Å²) in [6.45, 7) is -0.389. The molecule has 10 nitrogen and oxygen atoms in total. The molecule has 0 amide bonds. The van der Waals surface area contributed by atoms with Gasteiger partial charge in [0.05, 0.1) is 27.9 Å². The summed E-state index contributed by atoms with van der Waals surface area (Å²) in [5.41, 5.74) is 0.486. The number of rotatable bonds is 11. The van der Waals surface area contributed by atoms with Gasteiger partial charge < -0.3 is 28.4 Å². The van der Waals surface area contributed by atoms with Crippen molar-refractivity contribution in [2.75, 3.05) is 6.61 Å². The molecule has 0 aromatic heterocycles. The lowest BCUT2D eigenvalue weighted by Gasteiger charge is -2.58. The second-order valence-corrected chi connectivity index (χ2v) is 14.9. The normalized spacial score (nSPS) is 29.5. The lowest BCUT2D eigenvalue weighted by Crippen LogP contribution is -2.65. The smallest absolute Gasteiger partial charge is 0.338 e. The van der Waals surface area contributed by atoms with Gasteiger partial charge in [0.2, 0.25) is 0 Å². The lowest BCUT2D eigenvalue weighted by atomic mass is 9.54. The van der Waals surface area contributed by atoms with Crippen LogP contribution in [0.1, 0.15) is 80.0 Å². The van der Waals surface area contributed by atoms with Crippen molar-refractivity contribution < 1.29 is 47.6 Å². The molecular weight excluding hydrogens is 688 g/mol. The minimum atomic E-state index is -1.44. The van der Waals surface area contributed by atoms with E-state index in [0.717, 1.165) is 38.5 Å². The molecule has 5 atom stereocenters. The van der Waals surface area contributed by atoms with Gasteiger partial charge in [-0.25, -0.2) is 19.2 Å². The highest BCUT2D eigenvalue weighted by Gasteiger charge is 2.58. The summed E-state index contributed by atoms with van der Waals surface area (Å²) in [7, 11) is 0. The van der Waals surface area contributed by atoms with E-state index >= 15 is 0 Å². The summed E-state index contributed by atoms with van der Waals surface area (Å²) < 4.78 is 38.2. The van der Waals surface area contributed by atoms with Crippen molar-refractivity contribution in [3.8, 4) is 0 Å². The van der Waals surface area contributed by atoms with Crippen LogP contribution in [0, 0.1) is 17.8 Å². The number of ether oxygens (including phenoxy) is 6. The van der Waals surface area contributed by atoms with Crippen LogP contribution in [0.15, 0.2) is 121 Å². The number of carbonyl (C=O) groups is 4. The number of esters is 4. The van der Waals surface area contributed by atoms with Crippen molar-refractivity contribution in [3.05, 3.63) is 144 Å². The third-order valence-electron chi connectivity index (χ3n) is 11.1. The Bertz CT molecular complexity index is 1900. The highest BCUT2D eigenvalue weighted by atomic mass is 16.7. The Hall–Kier alpha value is -5.32. The molecular formula is C44H42O10. The Morgan fingerprint density at radius 3 is 1.30 bits per heavy atom. The maximum atomic E-state index is 13.9. The summed E-state index contributed by atoms with van der Waals surface area (Å²) >= 11 is 0. The second kappa shape index (κ2) is 15.6. The van der Waals surface area contributed by atoms with E-state index in [0.29, 0.717) is 23.3 Å². The zero-order valence-electron chi connectivity index (χ0n) is 29.7. The van der Waals surface area contributed by atoms with Crippen molar-refractivity contribution in [2.24, 2.45) is 17.8 Å². The Kier molecular flexibility index (Phi) is 10.3. The molecule has 4 aromatic rings. The Labute approximate surface area is 313 Å². The van der Waals surface area contributed by atoms with Crippen LogP contribution in [-0.2, 0) is 28.4 Å². The highest BCUT2D eigenvalue weighted by molar-refractivity contribution is 5.91. The molecule has 4 aromatic carbocycles. The van der Waals surface area contributed by atoms with Gasteiger partial charge in [0.15, 0.2) is 24.6 Å². The van der Waals surface area contributed by atoms with Crippen LogP contribution in [0.25, 0.3) is 0 Å². The van der Waals surface area contributed by atoms with Gasteiger partial charge in [-0.1, -0.05) is 72.8 Å². The predicted octanol–water partition coefficient (Wildman–Crippen LogP) is 7.23. The molecule has 0 spiro atoms. The molecule has 4 aliphatic carbocycles. The highest BCUT2D eigenvalue weighted by Crippen LogP contribution is 2.58. The fourth-order valence-electron chi connectivity index (χ4n) is 9.04. The summed E-state index contributed by atoms with van der Waals surface area (Å²) in [5, 5.41) is 0. The number of hydrogen-bond acceptors (Lipinski definition) is 10. The molecule has 278 valence electrons. The van der Waals surface area contributed by atoms with Crippen LogP contribution in [0.3, 0.4) is 0 Å². The summed E-state index contributed by atoms with van der Waals surface area (Å²) in [6.07, 6.45) is -0.724. The summed E-state index contributed by atoms with van der Waals surface area (Å²) in [4.78, 5) is 54.8. The van der Waals surface area contributed by atoms with Crippen molar-refractivity contribution >= 4 is 23.9 Å². The third-order valence-corrected chi connectivity index (χ3v) is 11.1. The molecule has 1 aliphatic heterocycles. The Morgan fingerprint density at radius 2 is 0.870 bits per heavy atom. The molecule has 5 aliphatic rings. The molecule has 1 heterocycles. The number of hydrogen-bond donors (Lipinski definition) is 0. The van der Waals surface area contributed by atoms with Gasteiger partial charge in [0.1, 0.15) is 12.7 Å². The average molecular weight is 731 g/mol. The monoisotopic (exact) mass is 730 g/mol. The first-order valence-corrected chi connectivity index (χ1v) is 18.7. The van der Waals surface area contributed by atoms with Gasteiger partial charge in [-0.15, -0.1) is 0 Å². The predicted molar refractivity (Wildman–Crippen MR) is 194 cm³/mol. The third kappa shape index (κ3) is 7.81. The lowest BCUT2D eigenvalue weighted by molar-refractivity contribution is -0.339. The van der Waals surface area contributed by atoms with E-state index in [1.807, 2.05) is 0 Å². The largest absolute Gasteiger partial charge is 0.459 e. The fourth-order valence-corrected chi connectivity index (χ4v) is 9.04. The first-order chi connectivity index (χ1) is 26.3. The van der Waals surface area contributed by atoms with Crippen LogP contribution in [-0.4, -0.2) is 66.8 Å². The van der Waals surface area contributed by atoms with Crippen LogP contribution in [0.2, 0.25) is 0 Å². The van der Waals surface area contributed by atoms with Crippen LogP contribution in [0.5, 0.6) is 0 Å². The zero-order chi connectivity index (χ0) is 37.1. The maximum Gasteiger partial charge on any atom is 0.338 e. The quantitative estimate of drug-likeness (QED) is 0.115. The van der Waals surface area contributed by atoms with Crippen molar-refractivity contribution in [2.45, 2.75) is 74.8 Å². The second-order valence-electron chi connectivity index (χ2n) is 14.9. The molecule has 10 heteroatoms. The molecule has 5 fully saturated rings. The van der Waals surface area contributed by atoms with Gasteiger partial charge in [-0.2, -0.15) is 0 Å². The van der Waals surface area contributed by atoms with E-state index in [4.69, 9.17) is 28.4 Å². The average Bonchev–Trinajstić information content (AvgIpc) is 3.19. The maximum absolute atomic E-state index is 13.9. The topological polar surface area (TPSA) is 124 Å². The first kappa shape index (κ1) is 35.7. The van der Waals surface area contributed by atoms with E-state index in [1.54, 1.807) is 121 Å². The van der Waals surface area contributed by atoms with Gasteiger partial charge >= 0.3 is 23.9 Å². The van der Waals surface area contributed by atoms with E-state index in [1.165, 1.54) is 0 Å². The van der Waals surface area contributed by atoms with Gasteiger partial charge in [-0.05, 0) is 105 Å². The van der Waals surface area contributed by atoms with Crippen LogP contribution < -0.4 is 0 Å². The number of carbonyl (C=O) groups excluding carboxylic acids is 4. The fraction of sp³-hybridized carbons (Fsp3) is 0.364. The molecule has 54 heavy (non-hydrogen) atoms. The summed E-state index contributed by atoms with van der Waals surface area (Å²) in [6, 6.07) is 33.6. The number of benzene rings is 4. The van der Waals surface area contributed by atoms with E-state index in [2.05, 4.69) is 0 Å². The Morgan fingerprint density at radius 1 is 0.500 bits per heavy atom. The molecule has 0 N–H and O–H groups in total.